The van der Waals surface area contributed by atoms with Crippen molar-refractivity contribution in [3.63, 3.8) is 0 Å². The highest BCUT2D eigenvalue weighted by molar-refractivity contribution is 7.98. The molecule has 0 bridgehead atoms. The van der Waals surface area contributed by atoms with Gasteiger partial charge in [-0.1, -0.05) is 60.7 Å². The van der Waals surface area contributed by atoms with E-state index < -0.39 is 5.82 Å². The number of benzene rings is 2. The van der Waals surface area contributed by atoms with Crippen LogP contribution < -0.4 is 5.69 Å². The van der Waals surface area contributed by atoms with Crippen LogP contribution in [0.3, 0.4) is 0 Å². The number of imidazole rings is 1. The van der Waals surface area contributed by atoms with Gasteiger partial charge < -0.3 is 4.98 Å². The number of hydrogen-bond acceptors (Lipinski definition) is 4. The number of thioether (sulfide) groups is 1. The second-order valence-electron chi connectivity index (χ2n) is 7.74. The summed E-state index contributed by atoms with van der Waals surface area (Å²) in [5.41, 5.74) is 4.96. The molecule has 5 aromatic rings. The van der Waals surface area contributed by atoms with Crippen LogP contribution >= 0.6 is 11.8 Å². The van der Waals surface area contributed by atoms with Crippen molar-refractivity contribution in [2.75, 3.05) is 0 Å². The Labute approximate surface area is 194 Å². The molecular weight excluding hydrogens is 435 g/mol. The lowest BCUT2D eigenvalue weighted by Gasteiger charge is -2.11. The molecule has 5 rings (SSSR count). The molecule has 2 aromatic carbocycles. The summed E-state index contributed by atoms with van der Waals surface area (Å²) in [6.07, 6.45) is 3.30. The van der Waals surface area contributed by atoms with Crippen LogP contribution in [0.2, 0.25) is 0 Å². The van der Waals surface area contributed by atoms with Crippen LogP contribution in [0.4, 0.5) is 4.39 Å². The molecule has 7 heteroatoms. The normalized spacial score (nSPS) is 11.2. The minimum absolute atomic E-state index is 0.0254. The van der Waals surface area contributed by atoms with Gasteiger partial charge in [-0.2, -0.15) is 0 Å². The van der Waals surface area contributed by atoms with Gasteiger partial charge in [0.15, 0.2) is 0 Å². The molecule has 0 aliphatic rings. The number of fused-ring (bicyclic) bond motifs is 1. The Morgan fingerprint density at radius 2 is 1.73 bits per heavy atom. The van der Waals surface area contributed by atoms with Gasteiger partial charge in [0, 0.05) is 28.1 Å². The molecule has 164 valence electrons. The van der Waals surface area contributed by atoms with Crippen molar-refractivity contribution in [2.45, 2.75) is 24.1 Å². The third-order valence-corrected chi connectivity index (χ3v) is 6.54. The van der Waals surface area contributed by atoms with Crippen LogP contribution in [0.25, 0.3) is 22.2 Å². The predicted octanol–water partition coefficient (Wildman–Crippen LogP) is 5.57. The zero-order valence-electron chi connectivity index (χ0n) is 18.0. The number of pyridine rings is 2. The van der Waals surface area contributed by atoms with Gasteiger partial charge in [-0.15, -0.1) is 11.8 Å². The van der Waals surface area contributed by atoms with Crippen LogP contribution in [0, 0.1) is 12.7 Å². The first-order chi connectivity index (χ1) is 16.1. The van der Waals surface area contributed by atoms with Crippen LogP contribution in [0.15, 0.2) is 88.8 Å². The average Bonchev–Trinajstić information content (AvgIpc) is 3.15. The van der Waals surface area contributed by atoms with Gasteiger partial charge in [0.05, 0.1) is 29.5 Å². The first-order valence-electron chi connectivity index (χ1n) is 10.5. The van der Waals surface area contributed by atoms with E-state index in [0.29, 0.717) is 11.0 Å². The maximum Gasteiger partial charge on any atom is 0.326 e. The van der Waals surface area contributed by atoms with Gasteiger partial charge in [-0.3, -0.25) is 14.5 Å². The van der Waals surface area contributed by atoms with E-state index in [4.69, 9.17) is 0 Å². The fraction of sp³-hybridized carbons (Fsp3) is 0.115. The molecule has 0 unspecified atom stereocenters. The maximum absolute atomic E-state index is 15.0. The summed E-state index contributed by atoms with van der Waals surface area (Å²) in [6.45, 7) is 1.93. The summed E-state index contributed by atoms with van der Waals surface area (Å²) in [5, 5.41) is 0. The highest BCUT2D eigenvalue weighted by atomic mass is 32.2. The van der Waals surface area contributed by atoms with Crippen molar-refractivity contribution in [3.05, 3.63) is 112 Å². The van der Waals surface area contributed by atoms with Crippen molar-refractivity contribution in [2.24, 2.45) is 0 Å². The topological polar surface area (TPSA) is 63.6 Å². The second-order valence-corrected chi connectivity index (χ2v) is 8.79. The predicted molar refractivity (Wildman–Crippen MR) is 130 cm³/mol. The van der Waals surface area contributed by atoms with Crippen molar-refractivity contribution in [1.29, 1.82) is 0 Å². The first-order valence-corrected chi connectivity index (χ1v) is 11.5. The minimum atomic E-state index is -0.429. The van der Waals surface area contributed by atoms with Crippen LogP contribution in [-0.2, 0) is 12.3 Å². The van der Waals surface area contributed by atoms with E-state index >= 15 is 0 Å². The summed E-state index contributed by atoms with van der Waals surface area (Å²) >= 11 is 1.53. The lowest BCUT2D eigenvalue weighted by atomic mass is 10.0. The number of aromatic nitrogens is 4. The number of hydrogen-bond donors (Lipinski definition) is 1. The molecular formula is C26H21FN4OS. The molecule has 0 fully saturated rings. The van der Waals surface area contributed by atoms with Crippen molar-refractivity contribution >= 4 is 22.8 Å². The lowest BCUT2D eigenvalue weighted by Crippen LogP contribution is -2.19. The van der Waals surface area contributed by atoms with Gasteiger partial charge in [0.1, 0.15) is 5.82 Å². The molecule has 33 heavy (non-hydrogen) atoms. The van der Waals surface area contributed by atoms with Crippen LogP contribution in [0.5, 0.6) is 0 Å². The maximum atomic E-state index is 15.0. The van der Waals surface area contributed by atoms with E-state index in [2.05, 4.69) is 15.0 Å². The molecule has 3 aromatic heterocycles. The van der Waals surface area contributed by atoms with Crippen molar-refractivity contribution in [1.82, 2.24) is 19.5 Å². The first kappa shape index (κ1) is 21.2. The molecule has 5 nitrogen and oxygen atoms in total. The summed E-state index contributed by atoms with van der Waals surface area (Å²) in [5.74, 6) is 0.303. The lowest BCUT2D eigenvalue weighted by molar-refractivity contribution is 0.581. The Morgan fingerprint density at radius 1 is 1.00 bits per heavy atom. The van der Waals surface area contributed by atoms with E-state index in [9.17, 15) is 9.18 Å². The Morgan fingerprint density at radius 3 is 2.45 bits per heavy atom. The summed E-state index contributed by atoms with van der Waals surface area (Å²) in [4.78, 5) is 25.2. The third kappa shape index (κ3) is 4.32. The summed E-state index contributed by atoms with van der Waals surface area (Å²) in [7, 11) is 0. The molecule has 0 radical (unpaired) electrons. The highest BCUT2D eigenvalue weighted by Gasteiger charge is 2.18. The zero-order chi connectivity index (χ0) is 22.8. The molecule has 1 N–H and O–H groups in total. The van der Waals surface area contributed by atoms with Gasteiger partial charge in [-0.25, -0.2) is 9.18 Å². The quantitative estimate of drug-likeness (QED) is 0.339. The molecule has 0 aliphatic heterocycles. The number of halogens is 1. The SMILES string of the molecule is Cc1ncc2[nH]c(=O)n(Cc3ncc(SCc4ccccc4)cc3F)c2c1-c1ccccc1. The highest BCUT2D eigenvalue weighted by Crippen LogP contribution is 2.30. The standard InChI is InChI=1S/C26H21FN4OS/c1-17-24(19-10-6-3-7-11-19)25-22(14-28-17)30-26(32)31(25)15-23-21(27)12-20(13-29-23)33-16-18-8-4-2-5-9-18/h2-14H,15-16H2,1H3,(H,30,32). The fourth-order valence-electron chi connectivity index (χ4n) is 3.89. The van der Waals surface area contributed by atoms with Crippen molar-refractivity contribution < 1.29 is 4.39 Å². The van der Waals surface area contributed by atoms with E-state index in [1.807, 2.05) is 67.6 Å². The molecule has 0 saturated carbocycles. The van der Waals surface area contributed by atoms with Crippen LogP contribution in [0.1, 0.15) is 17.0 Å². The van der Waals surface area contributed by atoms with E-state index in [0.717, 1.165) is 33.0 Å². The molecule has 0 saturated heterocycles. The minimum Gasteiger partial charge on any atom is -0.304 e. The van der Waals surface area contributed by atoms with E-state index in [1.165, 1.54) is 22.4 Å². The van der Waals surface area contributed by atoms with Gasteiger partial charge in [0.25, 0.3) is 0 Å². The Kier molecular flexibility index (Phi) is 5.79. The molecule has 0 spiro atoms. The third-order valence-electron chi connectivity index (χ3n) is 5.51. The second kappa shape index (κ2) is 9.03. The fourth-order valence-corrected chi connectivity index (χ4v) is 4.72. The molecule has 0 aliphatic carbocycles. The molecule has 0 amide bonds. The summed E-state index contributed by atoms with van der Waals surface area (Å²) in [6, 6.07) is 21.3. The Balaban J connectivity index is 1.49. The number of aryl methyl sites for hydroxylation is 1. The number of H-pyrrole nitrogens is 1. The van der Waals surface area contributed by atoms with Crippen molar-refractivity contribution in [3.8, 4) is 11.1 Å². The Bertz CT molecular complexity index is 1480. The van der Waals surface area contributed by atoms with Crippen LogP contribution in [-0.4, -0.2) is 19.5 Å². The van der Waals surface area contributed by atoms with Gasteiger partial charge >= 0.3 is 5.69 Å². The number of nitrogens with one attached hydrogen (secondary N) is 1. The molecule has 3 heterocycles. The largest absolute Gasteiger partial charge is 0.326 e. The van der Waals surface area contributed by atoms with Gasteiger partial charge in [-0.05, 0) is 24.1 Å². The Hall–Kier alpha value is -3.71. The van der Waals surface area contributed by atoms with E-state index in [-0.39, 0.29) is 17.9 Å². The van der Waals surface area contributed by atoms with E-state index in [1.54, 1.807) is 12.4 Å². The van der Waals surface area contributed by atoms with Gasteiger partial charge in [0.2, 0.25) is 0 Å². The smallest absolute Gasteiger partial charge is 0.304 e. The molecule has 0 atom stereocenters. The number of aromatic amines is 1. The monoisotopic (exact) mass is 456 g/mol. The average molecular weight is 457 g/mol. The zero-order valence-corrected chi connectivity index (χ0v) is 18.8. The number of nitrogens with zero attached hydrogens (tertiary/aromatic N) is 3. The summed E-state index contributed by atoms with van der Waals surface area (Å²) < 4.78 is 16.5. The number of rotatable bonds is 6.